The third-order valence-corrected chi connectivity index (χ3v) is 4.48. The Labute approximate surface area is 149 Å². The Bertz CT molecular complexity index is 1250. The molecule has 0 atom stereocenters. The van der Waals surface area contributed by atoms with Crippen molar-refractivity contribution < 1.29 is 4.57 Å². The van der Waals surface area contributed by atoms with E-state index in [2.05, 4.69) is 6.07 Å². The highest BCUT2D eigenvalue weighted by Crippen LogP contribution is 2.15. The molecule has 0 bridgehead atoms. The fourth-order valence-electron chi connectivity index (χ4n) is 3.13. The number of fused-ring (bicyclic) bond motifs is 2. The van der Waals surface area contributed by atoms with Gasteiger partial charge in [-0.15, -0.1) is 0 Å². The van der Waals surface area contributed by atoms with Gasteiger partial charge in [0.25, 0.3) is 11.2 Å². The van der Waals surface area contributed by atoms with Crippen LogP contribution in [-0.4, -0.2) is 9.38 Å². The minimum Gasteiger partial charge on any atom is -0.317 e. The predicted octanol–water partition coefficient (Wildman–Crippen LogP) is 1.95. The zero-order chi connectivity index (χ0) is 18.3. The third-order valence-electron chi connectivity index (χ3n) is 4.48. The van der Waals surface area contributed by atoms with Crippen molar-refractivity contribution in [3.05, 3.63) is 81.8 Å². The number of aromatic nitrogens is 3. The summed E-state index contributed by atoms with van der Waals surface area (Å²) in [5, 5.41) is 9.81. The first-order valence-corrected chi connectivity index (χ1v) is 8.18. The van der Waals surface area contributed by atoms with E-state index in [1.165, 1.54) is 10.5 Å². The van der Waals surface area contributed by atoms with E-state index in [4.69, 9.17) is 10.7 Å². The van der Waals surface area contributed by atoms with Crippen molar-refractivity contribution >= 4 is 22.5 Å². The molecule has 0 amide bonds. The van der Waals surface area contributed by atoms with Gasteiger partial charge in [0.2, 0.25) is 11.5 Å². The molecular weight excluding hydrogens is 326 g/mol. The molecule has 0 radical (unpaired) electrons. The van der Waals surface area contributed by atoms with Crippen molar-refractivity contribution in [3.63, 3.8) is 0 Å². The zero-order valence-corrected chi connectivity index (χ0v) is 14.2. The number of aryl methyl sites for hydroxylation is 1. The van der Waals surface area contributed by atoms with Gasteiger partial charge in [0.05, 0.1) is 6.54 Å². The Morgan fingerprint density at radius 2 is 2.00 bits per heavy atom. The van der Waals surface area contributed by atoms with Crippen LogP contribution < -0.4 is 15.9 Å². The minimum atomic E-state index is -0.216. The monoisotopic (exact) mass is 342 g/mol. The molecule has 6 nitrogen and oxygen atoms in total. The summed E-state index contributed by atoms with van der Waals surface area (Å²) in [6.45, 7) is 2.33. The van der Waals surface area contributed by atoms with Gasteiger partial charge in [-0.1, -0.05) is 41.4 Å². The van der Waals surface area contributed by atoms with E-state index in [0.29, 0.717) is 29.0 Å². The van der Waals surface area contributed by atoms with Crippen molar-refractivity contribution in [1.82, 2.24) is 9.38 Å². The lowest BCUT2D eigenvalue weighted by Gasteiger charge is -2.10. The number of nitrogens with two attached hydrogens (primary N) is 1. The van der Waals surface area contributed by atoms with Gasteiger partial charge in [-0.25, -0.2) is 4.57 Å². The van der Waals surface area contributed by atoms with E-state index in [1.54, 1.807) is 16.8 Å². The van der Waals surface area contributed by atoms with Crippen LogP contribution in [0.15, 0.2) is 59.5 Å². The highest BCUT2D eigenvalue weighted by Gasteiger charge is 2.21. The van der Waals surface area contributed by atoms with E-state index < -0.39 is 0 Å². The molecule has 0 fully saturated rings. The number of benzene rings is 1. The standard InChI is InChI=1S/C20H15N5O/c1-13-6-5-9-24-18(13)23-19-16(20(24)26)10-15(11-21)17(22)25(19)12-14-7-3-2-4-8-14/h2-10,22H,12H2,1H3/p+1. The number of hydrogen-bond acceptors (Lipinski definition) is 4. The number of hydrogen-bond donors (Lipinski definition) is 1. The molecule has 0 unspecified atom stereocenters. The fraction of sp³-hybridized carbons (Fsp3) is 0.100. The van der Waals surface area contributed by atoms with Crippen LogP contribution in [0, 0.1) is 18.3 Å². The van der Waals surface area contributed by atoms with Crippen LogP contribution in [0.2, 0.25) is 0 Å². The normalized spacial score (nSPS) is 10.9. The van der Waals surface area contributed by atoms with Crippen molar-refractivity contribution in [3.8, 4) is 6.07 Å². The van der Waals surface area contributed by atoms with E-state index in [1.807, 2.05) is 43.3 Å². The second kappa shape index (κ2) is 5.97. The molecule has 3 aromatic heterocycles. The Balaban J connectivity index is 2.13. The van der Waals surface area contributed by atoms with Crippen LogP contribution in [0.4, 0.5) is 5.82 Å². The fourth-order valence-corrected chi connectivity index (χ4v) is 3.13. The molecule has 0 saturated carbocycles. The smallest absolute Gasteiger partial charge is 0.278 e. The van der Waals surface area contributed by atoms with Gasteiger partial charge in [-0.05, 0) is 24.6 Å². The second-order valence-corrected chi connectivity index (χ2v) is 6.17. The molecule has 1 aromatic carbocycles. The quantitative estimate of drug-likeness (QED) is 0.445. The third kappa shape index (κ3) is 2.38. The minimum absolute atomic E-state index is 0.216. The van der Waals surface area contributed by atoms with Crippen molar-refractivity contribution in [2.75, 3.05) is 5.73 Å². The van der Waals surface area contributed by atoms with Gasteiger partial charge in [-0.2, -0.15) is 5.26 Å². The van der Waals surface area contributed by atoms with Gasteiger partial charge >= 0.3 is 0 Å². The van der Waals surface area contributed by atoms with Crippen LogP contribution in [0.3, 0.4) is 0 Å². The number of nitrogens with zero attached hydrogens (tertiary/aromatic N) is 4. The molecule has 0 aliphatic rings. The maximum Gasteiger partial charge on any atom is 0.278 e. The molecule has 4 rings (SSSR count). The molecule has 2 N–H and O–H groups in total. The lowest BCUT2D eigenvalue weighted by molar-refractivity contribution is -0.649. The molecule has 126 valence electrons. The van der Waals surface area contributed by atoms with E-state index >= 15 is 0 Å². The molecule has 6 heteroatoms. The van der Waals surface area contributed by atoms with Crippen molar-refractivity contribution in [2.45, 2.75) is 13.5 Å². The average Bonchev–Trinajstić information content (AvgIpc) is 2.66. The van der Waals surface area contributed by atoms with Crippen LogP contribution in [-0.2, 0) is 6.54 Å². The summed E-state index contributed by atoms with van der Waals surface area (Å²) in [6, 6.07) is 17.1. The largest absolute Gasteiger partial charge is 0.317 e. The molecule has 0 spiro atoms. The summed E-state index contributed by atoms with van der Waals surface area (Å²) in [4.78, 5) is 17.7. The number of rotatable bonds is 2. The van der Waals surface area contributed by atoms with Crippen LogP contribution >= 0.6 is 0 Å². The summed E-state index contributed by atoms with van der Waals surface area (Å²) in [7, 11) is 0. The lowest BCUT2D eigenvalue weighted by Crippen LogP contribution is -2.41. The number of anilines is 1. The molecule has 4 aromatic rings. The zero-order valence-electron chi connectivity index (χ0n) is 14.2. The summed E-state index contributed by atoms with van der Waals surface area (Å²) >= 11 is 0. The van der Waals surface area contributed by atoms with Crippen molar-refractivity contribution in [2.24, 2.45) is 0 Å². The van der Waals surface area contributed by atoms with Gasteiger partial charge in [-0.3, -0.25) is 9.20 Å². The predicted molar refractivity (Wildman–Crippen MR) is 98.6 cm³/mol. The number of nitriles is 1. The summed E-state index contributed by atoms with van der Waals surface area (Å²) in [6.07, 6.45) is 1.68. The SMILES string of the molecule is Cc1cccn2c(=O)c3cc(C#N)c(N)[n+](Cc4ccccc4)c3nc12. The highest BCUT2D eigenvalue weighted by molar-refractivity contribution is 5.77. The van der Waals surface area contributed by atoms with Crippen molar-refractivity contribution in [1.29, 1.82) is 5.26 Å². The number of nitrogen functional groups attached to an aromatic ring is 1. The van der Waals surface area contributed by atoms with Gasteiger partial charge in [0.1, 0.15) is 17.0 Å². The van der Waals surface area contributed by atoms with Gasteiger partial charge < -0.3 is 5.73 Å². The summed E-state index contributed by atoms with van der Waals surface area (Å²) in [5.74, 6) is 0.300. The Kier molecular flexibility index (Phi) is 3.63. The molecule has 0 aliphatic carbocycles. The Morgan fingerprint density at radius 3 is 2.73 bits per heavy atom. The topological polar surface area (TPSA) is 88.1 Å². The first-order valence-electron chi connectivity index (χ1n) is 8.18. The first kappa shape index (κ1) is 15.8. The molecule has 26 heavy (non-hydrogen) atoms. The Hall–Kier alpha value is -3.72. The van der Waals surface area contributed by atoms with E-state index in [0.717, 1.165) is 11.1 Å². The van der Waals surface area contributed by atoms with E-state index in [-0.39, 0.29) is 11.1 Å². The first-order chi connectivity index (χ1) is 12.6. The van der Waals surface area contributed by atoms with E-state index in [9.17, 15) is 10.1 Å². The maximum absolute atomic E-state index is 13.0. The van der Waals surface area contributed by atoms with Crippen LogP contribution in [0.25, 0.3) is 16.7 Å². The summed E-state index contributed by atoms with van der Waals surface area (Å²) < 4.78 is 3.24. The average molecular weight is 342 g/mol. The lowest BCUT2D eigenvalue weighted by atomic mass is 10.1. The second-order valence-electron chi connectivity index (χ2n) is 6.17. The molecule has 0 saturated heterocycles. The van der Waals surface area contributed by atoms with Gasteiger partial charge in [0, 0.05) is 11.8 Å². The van der Waals surface area contributed by atoms with Crippen LogP contribution in [0.5, 0.6) is 0 Å². The van der Waals surface area contributed by atoms with Crippen LogP contribution in [0.1, 0.15) is 16.7 Å². The van der Waals surface area contributed by atoms with Gasteiger partial charge in [0.15, 0.2) is 0 Å². The molecule has 3 heterocycles. The molecular formula is C20H16N5O+. The number of pyridine rings is 2. The summed E-state index contributed by atoms with van der Waals surface area (Å²) in [5.41, 5.74) is 9.23. The molecule has 0 aliphatic heterocycles. The highest BCUT2D eigenvalue weighted by atomic mass is 16.1. The Morgan fingerprint density at radius 1 is 1.23 bits per heavy atom. The maximum atomic E-state index is 13.0.